The van der Waals surface area contributed by atoms with Gasteiger partial charge in [0.25, 0.3) is 0 Å². The number of rotatable bonds is 3. The van der Waals surface area contributed by atoms with Gasteiger partial charge in [-0.3, -0.25) is 4.90 Å². The third-order valence-electron chi connectivity index (χ3n) is 3.53. The monoisotopic (exact) mass is 291 g/mol. The van der Waals surface area contributed by atoms with E-state index in [1.807, 2.05) is 0 Å². The fourth-order valence-corrected chi connectivity index (χ4v) is 3.45. The lowest BCUT2D eigenvalue weighted by molar-refractivity contribution is 0.233. The number of aryl methyl sites for hydroxylation is 1. The van der Waals surface area contributed by atoms with Crippen LogP contribution < -0.4 is 5.32 Å². The van der Waals surface area contributed by atoms with Gasteiger partial charge in [-0.1, -0.05) is 0 Å². The number of hydrogen-bond donors (Lipinski definition) is 1. The maximum atomic E-state index is 13.0. The summed E-state index contributed by atoms with van der Waals surface area (Å²) in [5, 5.41) is 4.50. The molecule has 1 saturated heterocycles. The number of aromatic nitrogens is 1. The highest BCUT2D eigenvalue weighted by atomic mass is 32.1. The molecule has 3 rings (SSSR count). The second-order valence-corrected chi connectivity index (χ2v) is 6.33. The van der Waals surface area contributed by atoms with Crippen LogP contribution in [-0.4, -0.2) is 36.1 Å². The lowest BCUT2D eigenvalue weighted by Gasteiger charge is -2.26. The molecule has 0 radical (unpaired) electrons. The number of nitrogens with one attached hydrogen (secondary N) is 1. The van der Waals surface area contributed by atoms with Crippen molar-refractivity contribution in [2.24, 2.45) is 0 Å². The van der Waals surface area contributed by atoms with Gasteiger partial charge >= 0.3 is 0 Å². The molecule has 1 aliphatic rings. The maximum Gasteiger partial charge on any atom is 0.123 e. The van der Waals surface area contributed by atoms with Crippen LogP contribution in [0.1, 0.15) is 9.88 Å². The third kappa shape index (κ3) is 3.06. The van der Waals surface area contributed by atoms with Crippen LogP contribution in [-0.2, 0) is 6.54 Å². The summed E-state index contributed by atoms with van der Waals surface area (Å²) in [6, 6.07) is 6.58. The van der Waals surface area contributed by atoms with E-state index in [1.54, 1.807) is 23.5 Å². The molecule has 1 aromatic carbocycles. The van der Waals surface area contributed by atoms with E-state index in [2.05, 4.69) is 17.1 Å². The molecule has 1 aromatic heterocycles. The van der Waals surface area contributed by atoms with E-state index in [0.717, 1.165) is 49.0 Å². The number of hydrogen-bond acceptors (Lipinski definition) is 4. The van der Waals surface area contributed by atoms with Gasteiger partial charge in [0.2, 0.25) is 0 Å². The molecule has 0 amide bonds. The van der Waals surface area contributed by atoms with Crippen molar-refractivity contribution in [1.29, 1.82) is 0 Å². The van der Waals surface area contributed by atoms with E-state index < -0.39 is 0 Å². The molecule has 0 bridgehead atoms. The van der Waals surface area contributed by atoms with Crippen molar-refractivity contribution >= 4 is 11.3 Å². The van der Waals surface area contributed by atoms with Crippen LogP contribution in [0, 0.1) is 12.7 Å². The molecule has 2 heterocycles. The molecule has 1 N–H and O–H groups in total. The Morgan fingerprint density at radius 2 is 1.95 bits per heavy atom. The van der Waals surface area contributed by atoms with Gasteiger partial charge in [0, 0.05) is 36.6 Å². The molecular formula is C15H18FN3S. The highest BCUT2D eigenvalue weighted by Gasteiger charge is 2.14. The molecule has 20 heavy (non-hydrogen) atoms. The Morgan fingerprint density at radius 1 is 1.25 bits per heavy atom. The van der Waals surface area contributed by atoms with E-state index in [0.29, 0.717) is 0 Å². The first-order valence-electron chi connectivity index (χ1n) is 6.88. The molecule has 106 valence electrons. The molecule has 0 saturated carbocycles. The van der Waals surface area contributed by atoms with Crippen molar-refractivity contribution in [2.75, 3.05) is 26.2 Å². The molecule has 0 atom stereocenters. The van der Waals surface area contributed by atoms with Crippen LogP contribution in [0.4, 0.5) is 4.39 Å². The van der Waals surface area contributed by atoms with Crippen LogP contribution in [0.5, 0.6) is 0 Å². The maximum absolute atomic E-state index is 13.0. The smallest absolute Gasteiger partial charge is 0.123 e. The van der Waals surface area contributed by atoms with Gasteiger partial charge in [-0.15, -0.1) is 11.3 Å². The highest BCUT2D eigenvalue weighted by molar-refractivity contribution is 7.12. The number of nitrogens with zero attached hydrogens (tertiary/aromatic N) is 2. The van der Waals surface area contributed by atoms with E-state index in [4.69, 9.17) is 4.98 Å². The summed E-state index contributed by atoms with van der Waals surface area (Å²) < 4.78 is 13.0. The third-order valence-corrected chi connectivity index (χ3v) is 4.48. The van der Waals surface area contributed by atoms with Gasteiger partial charge in [0.1, 0.15) is 10.8 Å². The Morgan fingerprint density at radius 3 is 2.65 bits per heavy atom. The minimum atomic E-state index is -0.206. The molecule has 3 nitrogen and oxygen atoms in total. The van der Waals surface area contributed by atoms with Gasteiger partial charge in [-0.25, -0.2) is 9.37 Å². The largest absolute Gasteiger partial charge is 0.314 e. The highest BCUT2D eigenvalue weighted by Crippen LogP contribution is 2.28. The molecule has 0 spiro atoms. The molecule has 5 heteroatoms. The second kappa shape index (κ2) is 5.99. The predicted octanol–water partition coefficient (Wildman–Crippen LogP) is 2.66. The van der Waals surface area contributed by atoms with Crippen molar-refractivity contribution in [3.63, 3.8) is 0 Å². The second-order valence-electron chi connectivity index (χ2n) is 5.05. The summed E-state index contributed by atoms with van der Waals surface area (Å²) in [4.78, 5) is 8.35. The van der Waals surface area contributed by atoms with Gasteiger partial charge < -0.3 is 5.32 Å². The zero-order valence-electron chi connectivity index (χ0n) is 11.5. The van der Waals surface area contributed by atoms with Gasteiger partial charge in [-0.05, 0) is 31.2 Å². The van der Waals surface area contributed by atoms with Gasteiger partial charge in [-0.2, -0.15) is 0 Å². The summed E-state index contributed by atoms with van der Waals surface area (Å²) in [5.41, 5.74) is 1.98. The van der Waals surface area contributed by atoms with Gasteiger partial charge in [0.15, 0.2) is 0 Å². The van der Waals surface area contributed by atoms with Crippen LogP contribution in [0.25, 0.3) is 11.3 Å². The van der Waals surface area contributed by atoms with Crippen LogP contribution >= 0.6 is 11.3 Å². The van der Waals surface area contributed by atoms with Crippen molar-refractivity contribution in [3.05, 3.63) is 40.0 Å². The Hall–Kier alpha value is -1.30. The molecule has 1 aliphatic heterocycles. The minimum Gasteiger partial charge on any atom is -0.314 e. The molecule has 1 fully saturated rings. The molecule has 2 aromatic rings. The van der Waals surface area contributed by atoms with E-state index in [-0.39, 0.29) is 5.82 Å². The van der Waals surface area contributed by atoms with Crippen molar-refractivity contribution in [2.45, 2.75) is 13.5 Å². The number of halogens is 1. The van der Waals surface area contributed by atoms with E-state index >= 15 is 0 Å². The van der Waals surface area contributed by atoms with Gasteiger partial charge in [0.05, 0.1) is 12.2 Å². The van der Waals surface area contributed by atoms with Crippen LogP contribution in [0.15, 0.2) is 24.3 Å². The average molecular weight is 291 g/mol. The molecule has 0 aliphatic carbocycles. The summed E-state index contributed by atoms with van der Waals surface area (Å²) >= 11 is 1.74. The predicted molar refractivity (Wildman–Crippen MR) is 80.4 cm³/mol. The SMILES string of the molecule is Cc1sc(CN2CCNCC2)nc1-c1ccc(F)cc1. The molecular weight excluding hydrogens is 273 g/mol. The average Bonchev–Trinajstić information content (AvgIpc) is 2.81. The van der Waals surface area contributed by atoms with Crippen LogP contribution in [0.2, 0.25) is 0 Å². The van der Waals surface area contributed by atoms with E-state index in [1.165, 1.54) is 17.0 Å². The van der Waals surface area contributed by atoms with E-state index in [9.17, 15) is 4.39 Å². The fraction of sp³-hybridized carbons (Fsp3) is 0.400. The Kier molecular flexibility index (Phi) is 4.10. The number of piperazine rings is 1. The Bertz CT molecular complexity index is 573. The zero-order chi connectivity index (χ0) is 13.9. The summed E-state index contributed by atoms with van der Waals surface area (Å²) in [7, 11) is 0. The Labute approximate surface area is 122 Å². The fourth-order valence-electron chi connectivity index (χ4n) is 2.46. The topological polar surface area (TPSA) is 28.2 Å². The van der Waals surface area contributed by atoms with Crippen LogP contribution in [0.3, 0.4) is 0 Å². The first-order chi connectivity index (χ1) is 9.72. The number of thiazole rings is 1. The molecule has 0 unspecified atom stereocenters. The quantitative estimate of drug-likeness (QED) is 0.942. The zero-order valence-corrected chi connectivity index (χ0v) is 12.3. The van der Waals surface area contributed by atoms with Crippen molar-refractivity contribution in [1.82, 2.24) is 15.2 Å². The minimum absolute atomic E-state index is 0.206. The lowest BCUT2D eigenvalue weighted by atomic mass is 10.1. The Balaban J connectivity index is 1.78. The van der Waals surface area contributed by atoms with Crippen molar-refractivity contribution in [3.8, 4) is 11.3 Å². The summed E-state index contributed by atoms with van der Waals surface area (Å²) in [6.07, 6.45) is 0. The number of benzene rings is 1. The summed E-state index contributed by atoms with van der Waals surface area (Å²) in [5.74, 6) is -0.206. The first-order valence-corrected chi connectivity index (χ1v) is 7.69. The lowest BCUT2D eigenvalue weighted by Crippen LogP contribution is -2.42. The first kappa shape index (κ1) is 13.7. The normalized spacial score (nSPS) is 16.5. The van der Waals surface area contributed by atoms with Crippen molar-refractivity contribution < 1.29 is 4.39 Å². The standard InChI is InChI=1S/C15H18FN3S/c1-11-15(12-2-4-13(16)5-3-12)18-14(20-11)10-19-8-6-17-7-9-19/h2-5,17H,6-10H2,1H3. The summed E-state index contributed by atoms with van der Waals surface area (Å²) in [6.45, 7) is 7.24.